The number of rotatable bonds is 6. The van der Waals surface area contributed by atoms with Crippen molar-refractivity contribution in [3.05, 3.63) is 29.8 Å². The highest BCUT2D eigenvalue weighted by atomic mass is 16.5. The molecule has 2 amide bonds. The summed E-state index contributed by atoms with van der Waals surface area (Å²) < 4.78 is 10.1. The summed E-state index contributed by atoms with van der Waals surface area (Å²) in [5.74, 6) is -0.433. The van der Waals surface area contributed by atoms with Crippen molar-refractivity contribution < 1.29 is 19.1 Å². The van der Waals surface area contributed by atoms with Crippen LogP contribution in [0.25, 0.3) is 0 Å². The molecule has 0 spiro atoms. The smallest absolute Gasteiger partial charge is 0.340 e. The van der Waals surface area contributed by atoms with Crippen LogP contribution in [0.4, 0.5) is 10.5 Å². The number of amides is 2. The number of ether oxygens (including phenoxy) is 2. The minimum atomic E-state index is -0.433. The molecule has 24 heavy (non-hydrogen) atoms. The minimum absolute atomic E-state index is 0.196. The Labute approximate surface area is 142 Å². The van der Waals surface area contributed by atoms with Crippen molar-refractivity contribution in [3.63, 3.8) is 0 Å². The van der Waals surface area contributed by atoms with Crippen LogP contribution in [0.2, 0.25) is 0 Å². The van der Waals surface area contributed by atoms with Crippen LogP contribution in [0.1, 0.15) is 17.3 Å². The second-order valence-electron chi connectivity index (χ2n) is 5.52. The Morgan fingerprint density at radius 1 is 1.17 bits per heavy atom. The molecule has 7 heteroatoms. The lowest BCUT2D eigenvalue weighted by Gasteiger charge is -2.34. The number of urea groups is 1. The first-order chi connectivity index (χ1) is 11.7. The number of carbonyl (C=O) groups is 2. The van der Waals surface area contributed by atoms with E-state index < -0.39 is 5.97 Å². The first-order valence-electron chi connectivity index (χ1n) is 8.19. The van der Waals surface area contributed by atoms with Gasteiger partial charge in [0.1, 0.15) is 0 Å². The van der Waals surface area contributed by atoms with Crippen molar-refractivity contribution in [2.75, 3.05) is 58.4 Å². The van der Waals surface area contributed by atoms with Crippen LogP contribution >= 0.6 is 0 Å². The van der Waals surface area contributed by atoms with Gasteiger partial charge in [0, 0.05) is 39.8 Å². The number of nitrogens with zero attached hydrogens (tertiary/aromatic N) is 2. The zero-order chi connectivity index (χ0) is 17.4. The Balaban J connectivity index is 1.92. The van der Waals surface area contributed by atoms with E-state index in [0.29, 0.717) is 37.6 Å². The molecule has 0 aliphatic carbocycles. The highest BCUT2D eigenvalue weighted by molar-refractivity contribution is 6.00. The average Bonchev–Trinajstić information content (AvgIpc) is 2.61. The molecule has 1 aliphatic rings. The van der Waals surface area contributed by atoms with Gasteiger partial charge in [-0.3, -0.25) is 4.90 Å². The van der Waals surface area contributed by atoms with Crippen LogP contribution in [-0.4, -0.2) is 74.8 Å². The Bertz CT molecular complexity index is 557. The third-order valence-electron chi connectivity index (χ3n) is 3.94. The fourth-order valence-electron chi connectivity index (χ4n) is 2.57. The normalized spacial score (nSPS) is 15.2. The monoisotopic (exact) mass is 335 g/mol. The van der Waals surface area contributed by atoms with Crippen LogP contribution in [0.5, 0.6) is 0 Å². The molecule has 1 fully saturated rings. The van der Waals surface area contributed by atoms with Crippen molar-refractivity contribution in [1.82, 2.24) is 9.80 Å². The number of benzene rings is 1. The zero-order valence-electron chi connectivity index (χ0n) is 14.3. The largest absolute Gasteiger partial charge is 0.462 e. The van der Waals surface area contributed by atoms with Gasteiger partial charge in [0.25, 0.3) is 0 Å². The second kappa shape index (κ2) is 9.24. The summed E-state index contributed by atoms with van der Waals surface area (Å²) in [6.07, 6.45) is 0. The molecular weight excluding hydrogens is 310 g/mol. The summed E-state index contributed by atoms with van der Waals surface area (Å²) in [5, 5.41) is 2.82. The van der Waals surface area contributed by atoms with E-state index in [2.05, 4.69) is 10.2 Å². The second-order valence-corrected chi connectivity index (χ2v) is 5.52. The molecule has 1 heterocycles. The molecule has 1 aromatic rings. The molecule has 1 aromatic carbocycles. The maximum absolute atomic E-state index is 12.4. The summed E-state index contributed by atoms with van der Waals surface area (Å²) in [4.78, 5) is 28.4. The minimum Gasteiger partial charge on any atom is -0.462 e. The molecule has 1 saturated heterocycles. The van der Waals surface area contributed by atoms with Crippen molar-refractivity contribution in [2.45, 2.75) is 6.92 Å². The molecule has 0 unspecified atom stereocenters. The fourth-order valence-corrected chi connectivity index (χ4v) is 2.57. The Hall–Kier alpha value is -2.12. The van der Waals surface area contributed by atoms with Gasteiger partial charge >= 0.3 is 12.0 Å². The standard InChI is InChI=1S/C17H25N3O4/c1-3-24-16(21)14-6-4-5-7-15(14)18-17(22)20-10-8-19(9-11-20)12-13-23-2/h4-7H,3,8-13H2,1-2H3,(H,18,22). The van der Waals surface area contributed by atoms with Crippen LogP contribution in [-0.2, 0) is 9.47 Å². The first-order valence-corrected chi connectivity index (χ1v) is 8.19. The molecule has 2 rings (SSSR count). The van der Waals surface area contributed by atoms with Gasteiger partial charge in [-0.05, 0) is 19.1 Å². The molecule has 0 bridgehead atoms. The van der Waals surface area contributed by atoms with Gasteiger partial charge in [-0.1, -0.05) is 12.1 Å². The maximum atomic E-state index is 12.4. The van der Waals surface area contributed by atoms with E-state index in [1.165, 1.54) is 0 Å². The topological polar surface area (TPSA) is 71.1 Å². The number of hydrogen-bond acceptors (Lipinski definition) is 5. The number of piperazine rings is 1. The van der Waals surface area contributed by atoms with E-state index in [-0.39, 0.29) is 6.03 Å². The van der Waals surface area contributed by atoms with E-state index in [1.54, 1.807) is 43.2 Å². The fraction of sp³-hybridized carbons (Fsp3) is 0.529. The molecule has 1 aliphatic heterocycles. The lowest BCUT2D eigenvalue weighted by atomic mass is 10.2. The number of para-hydroxylation sites is 1. The zero-order valence-corrected chi connectivity index (χ0v) is 14.3. The maximum Gasteiger partial charge on any atom is 0.340 e. The molecule has 132 valence electrons. The van der Waals surface area contributed by atoms with E-state index >= 15 is 0 Å². The summed E-state index contributed by atoms with van der Waals surface area (Å²) in [5.41, 5.74) is 0.842. The van der Waals surface area contributed by atoms with Crippen molar-refractivity contribution in [2.24, 2.45) is 0 Å². The Morgan fingerprint density at radius 2 is 1.88 bits per heavy atom. The predicted octanol–water partition coefficient (Wildman–Crippen LogP) is 1.66. The molecule has 0 atom stereocenters. The summed E-state index contributed by atoms with van der Waals surface area (Å²) in [6.45, 7) is 6.55. The SMILES string of the molecule is CCOC(=O)c1ccccc1NC(=O)N1CCN(CCOC)CC1. The van der Waals surface area contributed by atoms with E-state index in [9.17, 15) is 9.59 Å². The number of nitrogens with one attached hydrogen (secondary N) is 1. The molecule has 1 N–H and O–H groups in total. The first kappa shape index (κ1) is 18.2. The quantitative estimate of drug-likeness (QED) is 0.801. The number of carbonyl (C=O) groups excluding carboxylic acids is 2. The van der Waals surface area contributed by atoms with Crippen LogP contribution in [0.15, 0.2) is 24.3 Å². The molecule has 0 aromatic heterocycles. The van der Waals surface area contributed by atoms with Crippen molar-refractivity contribution in [1.29, 1.82) is 0 Å². The third kappa shape index (κ3) is 4.94. The van der Waals surface area contributed by atoms with E-state index in [1.807, 2.05) is 0 Å². The van der Waals surface area contributed by atoms with Gasteiger partial charge in [-0.2, -0.15) is 0 Å². The highest BCUT2D eigenvalue weighted by Gasteiger charge is 2.22. The predicted molar refractivity (Wildman–Crippen MR) is 91.3 cm³/mol. The molecule has 0 saturated carbocycles. The molecular formula is C17H25N3O4. The van der Waals surface area contributed by atoms with Gasteiger partial charge in [0.05, 0.1) is 24.5 Å². The Kier molecular flexibility index (Phi) is 7.02. The van der Waals surface area contributed by atoms with E-state index in [0.717, 1.165) is 19.6 Å². The lowest BCUT2D eigenvalue weighted by molar-refractivity contribution is 0.0527. The summed E-state index contributed by atoms with van der Waals surface area (Å²) >= 11 is 0. The molecule has 0 radical (unpaired) electrons. The average molecular weight is 335 g/mol. The van der Waals surface area contributed by atoms with Gasteiger partial charge in [-0.15, -0.1) is 0 Å². The number of methoxy groups -OCH3 is 1. The number of hydrogen-bond donors (Lipinski definition) is 1. The van der Waals surface area contributed by atoms with E-state index in [4.69, 9.17) is 9.47 Å². The van der Waals surface area contributed by atoms with Crippen molar-refractivity contribution >= 4 is 17.7 Å². The summed E-state index contributed by atoms with van der Waals surface area (Å²) in [6, 6.07) is 6.69. The Morgan fingerprint density at radius 3 is 2.54 bits per heavy atom. The van der Waals surface area contributed by atoms with Crippen molar-refractivity contribution in [3.8, 4) is 0 Å². The van der Waals surface area contributed by atoms with Gasteiger partial charge in [-0.25, -0.2) is 9.59 Å². The molecule has 7 nitrogen and oxygen atoms in total. The summed E-state index contributed by atoms with van der Waals surface area (Å²) in [7, 11) is 1.69. The third-order valence-corrected chi connectivity index (χ3v) is 3.94. The van der Waals surface area contributed by atoms with Crippen LogP contribution in [0.3, 0.4) is 0 Å². The van der Waals surface area contributed by atoms with Gasteiger partial charge in [0.2, 0.25) is 0 Å². The number of esters is 1. The van der Waals surface area contributed by atoms with Crippen LogP contribution < -0.4 is 5.32 Å². The lowest BCUT2D eigenvalue weighted by Crippen LogP contribution is -2.50. The highest BCUT2D eigenvalue weighted by Crippen LogP contribution is 2.17. The van der Waals surface area contributed by atoms with Gasteiger partial charge < -0.3 is 19.7 Å². The van der Waals surface area contributed by atoms with Crippen LogP contribution in [0, 0.1) is 0 Å². The van der Waals surface area contributed by atoms with Gasteiger partial charge in [0.15, 0.2) is 0 Å². The number of anilines is 1.